The molecular formula is C51H29N5S2. The highest BCUT2D eigenvalue weighted by atomic mass is 32.2. The van der Waals surface area contributed by atoms with E-state index < -0.39 is 0 Å². The first-order valence-corrected chi connectivity index (χ1v) is 21.0. The van der Waals surface area contributed by atoms with E-state index in [1.54, 1.807) is 11.3 Å². The van der Waals surface area contributed by atoms with Gasteiger partial charge in [-0.15, -0.1) is 11.3 Å². The molecule has 5 heterocycles. The first-order chi connectivity index (χ1) is 28.8. The van der Waals surface area contributed by atoms with Gasteiger partial charge in [-0.2, -0.15) is 0 Å². The fourth-order valence-electron chi connectivity index (χ4n) is 9.10. The Bertz CT molecular complexity index is 3670. The average Bonchev–Trinajstić information content (AvgIpc) is 3.95. The second-order valence-electron chi connectivity index (χ2n) is 14.7. The van der Waals surface area contributed by atoms with E-state index in [2.05, 4.69) is 167 Å². The molecule has 0 bridgehead atoms. The van der Waals surface area contributed by atoms with E-state index in [0.29, 0.717) is 17.5 Å². The summed E-state index contributed by atoms with van der Waals surface area (Å²) in [5.74, 6) is 1.96. The van der Waals surface area contributed by atoms with Gasteiger partial charge in [-0.05, 0) is 53.9 Å². The third kappa shape index (κ3) is 4.51. The Morgan fingerprint density at radius 1 is 0.397 bits per heavy atom. The maximum atomic E-state index is 5.33. The zero-order valence-corrected chi connectivity index (χ0v) is 32.4. The number of hydrogen-bond donors (Lipinski definition) is 0. The van der Waals surface area contributed by atoms with E-state index in [4.69, 9.17) is 15.0 Å². The van der Waals surface area contributed by atoms with Crippen LogP contribution in [0.1, 0.15) is 0 Å². The van der Waals surface area contributed by atoms with Crippen LogP contribution < -0.4 is 0 Å². The Hall–Kier alpha value is -7.06. The largest absolute Gasteiger partial charge is 0.294 e. The maximum Gasteiger partial charge on any atom is 0.165 e. The summed E-state index contributed by atoms with van der Waals surface area (Å²) >= 11 is 3.64. The molecule has 0 N–H and O–H groups in total. The van der Waals surface area contributed by atoms with Crippen LogP contribution in [0.25, 0.3) is 109 Å². The van der Waals surface area contributed by atoms with Crippen molar-refractivity contribution in [2.45, 2.75) is 9.79 Å². The molecule has 270 valence electrons. The highest BCUT2D eigenvalue weighted by Crippen LogP contribution is 2.50. The molecule has 58 heavy (non-hydrogen) atoms. The first kappa shape index (κ1) is 32.1. The fraction of sp³-hybridized carbons (Fsp3) is 0. The van der Waals surface area contributed by atoms with Crippen molar-refractivity contribution in [2.75, 3.05) is 0 Å². The molecule has 0 unspecified atom stereocenters. The third-order valence-electron chi connectivity index (χ3n) is 11.6. The molecular weight excluding hydrogens is 747 g/mol. The molecule has 0 atom stereocenters. The Balaban J connectivity index is 1.09. The van der Waals surface area contributed by atoms with Gasteiger partial charge in [-0.1, -0.05) is 139 Å². The SMILES string of the molecule is c1ccc(-c2nc(-c3ccc(-n4c5ccccc5c5c6cccc7c6n(c54)-c4ccccc4S7)c4ccccc34)nc(-c3cccc4c3sc3ccccc34)n2)cc1. The summed E-state index contributed by atoms with van der Waals surface area (Å²) in [4.78, 5) is 18.3. The zero-order chi connectivity index (χ0) is 37.9. The second kappa shape index (κ2) is 12.2. The maximum absolute atomic E-state index is 5.33. The van der Waals surface area contributed by atoms with E-state index >= 15 is 0 Å². The fourth-order valence-corrected chi connectivity index (χ4v) is 11.4. The molecule has 0 spiro atoms. The van der Waals surface area contributed by atoms with Gasteiger partial charge in [-0.25, -0.2) is 15.0 Å². The smallest absolute Gasteiger partial charge is 0.165 e. The van der Waals surface area contributed by atoms with Gasteiger partial charge in [0.1, 0.15) is 5.65 Å². The number of para-hydroxylation sites is 3. The standard InChI is InChI=1S/C51H29N5S2/c1-2-14-30(15-3-1)48-52-49(54-50(53-48)38-22-12-20-34-33-18-7-10-25-42(33)58-47(34)38)35-28-29-40(32-17-5-4-16-31(32)35)55-39-23-8-6-19-36(39)45-37-21-13-27-44-46(37)56(51(45)55)41-24-9-11-26-43(41)57-44/h1-29H. The van der Waals surface area contributed by atoms with Crippen LogP contribution in [0.3, 0.4) is 0 Å². The van der Waals surface area contributed by atoms with E-state index in [9.17, 15) is 0 Å². The van der Waals surface area contributed by atoms with Crippen molar-refractivity contribution in [3.8, 4) is 45.5 Å². The quantitative estimate of drug-likeness (QED) is 0.179. The number of aromatic nitrogens is 5. The average molecular weight is 776 g/mol. The van der Waals surface area contributed by atoms with Crippen LogP contribution in [0.4, 0.5) is 0 Å². The molecule has 8 aromatic carbocycles. The molecule has 7 heteroatoms. The molecule has 4 aromatic heterocycles. The Morgan fingerprint density at radius 2 is 1.05 bits per heavy atom. The highest BCUT2D eigenvalue weighted by Gasteiger charge is 2.28. The summed E-state index contributed by atoms with van der Waals surface area (Å²) in [6.45, 7) is 0. The third-order valence-corrected chi connectivity index (χ3v) is 13.9. The lowest BCUT2D eigenvalue weighted by Crippen LogP contribution is -2.06. The van der Waals surface area contributed by atoms with Gasteiger partial charge in [0.05, 0.1) is 22.4 Å². The lowest BCUT2D eigenvalue weighted by atomic mass is 10.0. The summed E-state index contributed by atoms with van der Waals surface area (Å²) in [6, 6.07) is 62.8. The van der Waals surface area contributed by atoms with Crippen LogP contribution in [0.5, 0.6) is 0 Å². The van der Waals surface area contributed by atoms with Crippen LogP contribution in [0, 0.1) is 0 Å². The first-order valence-electron chi connectivity index (χ1n) is 19.4. The van der Waals surface area contributed by atoms with Crippen LogP contribution >= 0.6 is 23.1 Å². The summed E-state index contributed by atoms with van der Waals surface area (Å²) < 4.78 is 7.39. The molecule has 0 fully saturated rings. The summed E-state index contributed by atoms with van der Waals surface area (Å²) in [5, 5.41) is 8.43. The van der Waals surface area contributed by atoms with E-state index in [-0.39, 0.29) is 0 Å². The molecule has 0 radical (unpaired) electrons. The number of fused-ring (bicyclic) bond motifs is 11. The van der Waals surface area contributed by atoms with Crippen molar-refractivity contribution >= 4 is 86.9 Å². The number of rotatable bonds is 4. The lowest BCUT2D eigenvalue weighted by molar-refractivity contribution is 1.03. The zero-order valence-electron chi connectivity index (χ0n) is 30.8. The number of benzene rings is 8. The van der Waals surface area contributed by atoms with Crippen molar-refractivity contribution in [1.29, 1.82) is 0 Å². The van der Waals surface area contributed by atoms with Crippen molar-refractivity contribution in [3.05, 3.63) is 176 Å². The van der Waals surface area contributed by atoms with Crippen LogP contribution in [-0.4, -0.2) is 24.1 Å². The van der Waals surface area contributed by atoms with Gasteiger partial charge < -0.3 is 0 Å². The van der Waals surface area contributed by atoms with E-state index in [1.165, 1.54) is 68.5 Å². The van der Waals surface area contributed by atoms with Crippen LogP contribution in [0.2, 0.25) is 0 Å². The molecule has 0 saturated carbocycles. The summed E-state index contributed by atoms with van der Waals surface area (Å²) in [5.41, 5.74) is 8.82. The van der Waals surface area contributed by atoms with Crippen molar-refractivity contribution in [2.24, 2.45) is 0 Å². The molecule has 5 nitrogen and oxygen atoms in total. The monoisotopic (exact) mass is 775 g/mol. The molecule has 12 aromatic rings. The number of nitrogens with zero attached hydrogens (tertiary/aromatic N) is 5. The summed E-state index contributed by atoms with van der Waals surface area (Å²) in [6.07, 6.45) is 0. The number of hydrogen-bond acceptors (Lipinski definition) is 5. The minimum absolute atomic E-state index is 0.645. The van der Waals surface area contributed by atoms with Crippen molar-refractivity contribution in [1.82, 2.24) is 24.1 Å². The topological polar surface area (TPSA) is 48.5 Å². The van der Waals surface area contributed by atoms with Crippen LogP contribution in [-0.2, 0) is 0 Å². The van der Waals surface area contributed by atoms with Gasteiger partial charge in [0.2, 0.25) is 0 Å². The summed E-state index contributed by atoms with van der Waals surface area (Å²) in [7, 11) is 0. The van der Waals surface area contributed by atoms with Gasteiger partial charge in [-0.3, -0.25) is 9.13 Å². The highest BCUT2D eigenvalue weighted by molar-refractivity contribution is 7.99. The second-order valence-corrected chi connectivity index (χ2v) is 16.9. The predicted molar refractivity (Wildman–Crippen MR) is 242 cm³/mol. The van der Waals surface area contributed by atoms with Crippen molar-refractivity contribution in [3.63, 3.8) is 0 Å². The minimum Gasteiger partial charge on any atom is -0.294 e. The van der Waals surface area contributed by atoms with Gasteiger partial charge >= 0.3 is 0 Å². The number of thiophene rings is 1. The molecule has 0 amide bonds. The van der Waals surface area contributed by atoms with Gasteiger partial charge in [0.15, 0.2) is 17.5 Å². The van der Waals surface area contributed by atoms with Gasteiger partial charge in [0, 0.05) is 68.2 Å². The van der Waals surface area contributed by atoms with Crippen molar-refractivity contribution < 1.29 is 0 Å². The Morgan fingerprint density at radius 3 is 1.95 bits per heavy atom. The van der Waals surface area contributed by atoms with Gasteiger partial charge in [0.25, 0.3) is 0 Å². The Labute approximate surface area is 340 Å². The predicted octanol–water partition coefficient (Wildman–Crippen LogP) is 13.9. The lowest BCUT2D eigenvalue weighted by Gasteiger charge is -2.21. The molecule has 0 aliphatic carbocycles. The normalized spacial score (nSPS) is 12.4. The Kier molecular flexibility index (Phi) is 6.76. The minimum atomic E-state index is 0.645. The molecule has 0 saturated heterocycles. The molecule has 1 aliphatic heterocycles. The molecule has 1 aliphatic rings. The molecule has 13 rings (SSSR count). The van der Waals surface area contributed by atoms with E-state index in [1.807, 2.05) is 30.0 Å². The van der Waals surface area contributed by atoms with E-state index in [0.717, 1.165) is 33.2 Å². The van der Waals surface area contributed by atoms with Crippen LogP contribution in [0.15, 0.2) is 186 Å².